The molecule has 1 unspecified atom stereocenters. The lowest BCUT2D eigenvalue weighted by Gasteiger charge is -2.07. The molecular weight excluding hydrogens is 189 g/mol. The number of allylic oxidation sites excluding steroid dienone is 2. The van der Waals surface area contributed by atoms with Crippen molar-refractivity contribution in [3.8, 4) is 0 Å². The van der Waals surface area contributed by atoms with Gasteiger partial charge in [-0.3, -0.25) is 0 Å². The number of hydrogen-bond acceptors (Lipinski definition) is 1. The topological polar surface area (TPSA) is 12.0 Å². The van der Waals surface area contributed by atoms with Crippen LogP contribution in [-0.2, 0) is 0 Å². The lowest BCUT2D eigenvalue weighted by atomic mass is 10.1. The van der Waals surface area contributed by atoms with E-state index in [1.54, 1.807) is 0 Å². The number of nitrogens with one attached hydrogen (secondary N) is 1. The molecule has 0 aliphatic heterocycles. The standard InChI is InChI=1S/C12H26NP/c1-3-12(4-2)13-10-8-6-5-7-9-11-14/h3,13H,4-11,14H2,1-2H3/b12-3-. The lowest BCUT2D eigenvalue weighted by molar-refractivity contribution is 0.608. The van der Waals surface area contributed by atoms with Crippen LogP contribution < -0.4 is 5.32 Å². The third kappa shape index (κ3) is 8.56. The summed E-state index contributed by atoms with van der Waals surface area (Å²) in [6.45, 7) is 5.44. The van der Waals surface area contributed by atoms with E-state index in [0.29, 0.717) is 0 Å². The molecule has 0 aromatic carbocycles. The summed E-state index contributed by atoms with van der Waals surface area (Å²) in [5, 5.41) is 3.47. The van der Waals surface area contributed by atoms with Crippen LogP contribution in [0, 0.1) is 0 Å². The average molecular weight is 215 g/mol. The highest BCUT2D eigenvalue weighted by molar-refractivity contribution is 7.16. The second kappa shape index (κ2) is 11.0. The Morgan fingerprint density at radius 3 is 2.36 bits per heavy atom. The first-order valence-corrected chi connectivity index (χ1v) is 6.75. The van der Waals surface area contributed by atoms with Gasteiger partial charge in [0, 0.05) is 12.2 Å². The summed E-state index contributed by atoms with van der Waals surface area (Å²) in [6.07, 6.45) is 11.4. The minimum Gasteiger partial charge on any atom is -0.389 e. The summed E-state index contributed by atoms with van der Waals surface area (Å²) in [6, 6.07) is 0. The Balaban J connectivity index is 3.13. The van der Waals surface area contributed by atoms with Crippen LogP contribution in [0.1, 0.15) is 52.4 Å². The fourth-order valence-corrected chi connectivity index (χ4v) is 1.77. The van der Waals surface area contributed by atoms with E-state index >= 15 is 0 Å². The number of hydrogen-bond donors (Lipinski definition) is 1. The quantitative estimate of drug-likeness (QED) is 0.456. The summed E-state index contributed by atoms with van der Waals surface area (Å²) in [5.74, 6) is 0. The van der Waals surface area contributed by atoms with Crippen molar-refractivity contribution in [2.75, 3.05) is 12.7 Å². The molecule has 0 spiro atoms. The molecule has 0 aliphatic rings. The molecule has 1 N–H and O–H groups in total. The molecule has 0 fully saturated rings. The predicted molar refractivity (Wildman–Crippen MR) is 69.7 cm³/mol. The second-order valence-corrected chi connectivity index (χ2v) is 4.23. The first-order valence-electron chi connectivity index (χ1n) is 5.94. The van der Waals surface area contributed by atoms with E-state index in [2.05, 4.69) is 34.5 Å². The van der Waals surface area contributed by atoms with Gasteiger partial charge in [-0.25, -0.2) is 0 Å². The zero-order valence-corrected chi connectivity index (χ0v) is 11.0. The van der Waals surface area contributed by atoms with Crippen LogP contribution in [0.15, 0.2) is 11.8 Å². The van der Waals surface area contributed by atoms with Gasteiger partial charge in [-0.2, -0.15) is 0 Å². The SMILES string of the molecule is C/C=C(/CC)NCCCCCCCP. The number of unbranched alkanes of at least 4 members (excludes halogenated alkanes) is 4. The van der Waals surface area contributed by atoms with E-state index in [9.17, 15) is 0 Å². The smallest absolute Gasteiger partial charge is 0.0143 e. The van der Waals surface area contributed by atoms with E-state index in [1.165, 1.54) is 44.0 Å². The molecule has 2 heteroatoms. The molecule has 0 aliphatic carbocycles. The molecule has 0 bridgehead atoms. The van der Waals surface area contributed by atoms with Gasteiger partial charge in [0.15, 0.2) is 0 Å². The van der Waals surface area contributed by atoms with Gasteiger partial charge in [-0.15, -0.1) is 9.24 Å². The molecule has 0 amide bonds. The van der Waals surface area contributed by atoms with Crippen molar-refractivity contribution in [2.24, 2.45) is 0 Å². The Bertz CT molecular complexity index is 143. The van der Waals surface area contributed by atoms with Crippen molar-refractivity contribution in [1.29, 1.82) is 0 Å². The van der Waals surface area contributed by atoms with Gasteiger partial charge < -0.3 is 5.32 Å². The molecular formula is C12H26NP. The maximum absolute atomic E-state index is 3.47. The van der Waals surface area contributed by atoms with Crippen LogP contribution >= 0.6 is 9.24 Å². The molecule has 0 saturated heterocycles. The Kier molecular flexibility index (Phi) is 11.0. The maximum Gasteiger partial charge on any atom is 0.0143 e. The van der Waals surface area contributed by atoms with Crippen LogP contribution in [0.4, 0.5) is 0 Å². The fourth-order valence-electron chi connectivity index (χ4n) is 1.48. The molecule has 1 atom stereocenters. The van der Waals surface area contributed by atoms with Gasteiger partial charge in [0.1, 0.15) is 0 Å². The Morgan fingerprint density at radius 2 is 1.79 bits per heavy atom. The molecule has 84 valence electrons. The van der Waals surface area contributed by atoms with Crippen molar-refractivity contribution in [3.05, 3.63) is 11.8 Å². The fraction of sp³-hybridized carbons (Fsp3) is 0.833. The van der Waals surface area contributed by atoms with Gasteiger partial charge in [0.25, 0.3) is 0 Å². The van der Waals surface area contributed by atoms with E-state index in [4.69, 9.17) is 0 Å². The van der Waals surface area contributed by atoms with Crippen molar-refractivity contribution < 1.29 is 0 Å². The predicted octanol–water partition coefficient (Wildman–Crippen LogP) is 3.72. The van der Waals surface area contributed by atoms with Crippen LogP contribution in [0.2, 0.25) is 0 Å². The average Bonchev–Trinajstić information content (AvgIpc) is 2.22. The Morgan fingerprint density at radius 1 is 1.14 bits per heavy atom. The molecule has 0 saturated carbocycles. The highest BCUT2D eigenvalue weighted by atomic mass is 31.0. The van der Waals surface area contributed by atoms with Crippen LogP contribution in [0.5, 0.6) is 0 Å². The van der Waals surface area contributed by atoms with Gasteiger partial charge in [-0.1, -0.05) is 32.3 Å². The van der Waals surface area contributed by atoms with Crippen LogP contribution in [0.25, 0.3) is 0 Å². The zero-order valence-electron chi connectivity index (χ0n) is 9.81. The van der Waals surface area contributed by atoms with Crippen molar-refractivity contribution >= 4 is 9.24 Å². The molecule has 1 nitrogen and oxygen atoms in total. The maximum atomic E-state index is 3.47. The summed E-state index contributed by atoms with van der Waals surface area (Å²) >= 11 is 0. The van der Waals surface area contributed by atoms with Crippen LogP contribution in [-0.4, -0.2) is 12.7 Å². The molecule has 0 rings (SSSR count). The first-order chi connectivity index (χ1) is 6.85. The van der Waals surface area contributed by atoms with Crippen LogP contribution in [0.3, 0.4) is 0 Å². The lowest BCUT2D eigenvalue weighted by Crippen LogP contribution is -2.13. The van der Waals surface area contributed by atoms with E-state index in [1.807, 2.05) is 0 Å². The Hall–Kier alpha value is -0.0300. The third-order valence-electron chi connectivity index (χ3n) is 2.46. The van der Waals surface area contributed by atoms with Gasteiger partial charge in [0.05, 0.1) is 0 Å². The molecule has 0 heterocycles. The highest BCUT2D eigenvalue weighted by Crippen LogP contribution is 2.04. The summed E-state index contributed by atoms with van der Waals surface area (Å²) < 4.78 is 0. The molecule has 0 aromatic heterocycles. The van der Waals surface area contributed by atoms with E-state index in [0.717, 1.165) is 13.0 Å². The van der Waals surface area contributed by atoms with Gasteiger partial charge in [-0.05, 0) is 32.3 Å². The van der Waals surface area contributed by atoms with Gasteiger partial charge >= 0.3 is 0 Å². The largest absolute Gasteiger partial charge is 0.389 e. The first kappa shape index (κ1) is 14.0. The van der Waals surface area contributed by atoms with Crippen molar-refractivity contribution in [1.82, 2.24) is 5.32 Å². The zero-order chi connectivity index (χ0) is 10.6. The number of rotatable bonds is 9. The minimum atomic E-state index is 1.13. The van der Waals surface area contributed by atoms with Gasteiger partial charge in [0.2, 0.25) is 0 Å². The molecule has 14 heavy (non-hydrogen) atoms. The van der Waals surface area contributed by atoms with Crippen molar-refractivity contribution in [3.63, 3.8) is 0 Å². The summed E-state index contributed by atoms with van der Waals surface area (Å²) in [4.78, 5) is 0. The van der Waals surface area contributed by atoms with Crippen molar-refractivity contribution in [2.45, 2.75) is 52.4 Å². The Labute approximate surface area is 91.9 Å². The monoisotopic (exact) mass is 215 g/mol. The van der Waals surface area contributed by atoms with E-state index < -0.39 is 0 Å². The van der Waals surface area contributed by atoms with E-state index in [-0.39, 0.29) is 0 Å². The molecule has 0 aromatic rings. The highest BCUT2D eigenvalue weighted by Gasteiger charge is 1.92. The summed E-state index contributed by atoms with van der Waals surface area (Å²) in [7, 11) is 2.79. The summed E-state index contributed by atoms with van der Waals surface area (Å²) in [5.41, 5.74) is 1.38. The second-order valence-electron chi connectivity index (χ2n) is 3.65. The third-order valence-corrected chi connectivity index (χ3v) is 2.87. The molecule has 0 radical (unpaired) electrons. The minimum absolute atomic E-state index is 1.13. The normalized spacial score (nSPS) is 11.8.